The molecule has 2 N–H and O–H groups in total. The molecule has 0 bridgehead atoms. The minimum Gasteiger partial charge on any atom is -0.484 e. The molecule has 26 heavy (non-hydrogen) atoms. The van der Waals surface area contributed by atoms with Crippen LogP contribution in [0.3, 0.4) is 0 Å². The van der Waals surface area contributed by atoms with Crippen LogP contribution in [0.25, 0.3) is 0 Å². The summed E-state index contributed by atoms with van der Waals surface area (Å²) in [6.07, 6.45) is -5.87. The van der Waals surface area contributed by atoms with Gasteiger partial charge in [-0.2, -0.15) is 0 Å². The summed E-state index contributed by atoms with van der Waals surface area (Å²) >= 11 is 5.73. The fourth-order valence-corrected chi connectivity index (χ4v) is 2.08. The second kappa shape index (κ2) is 8.77. The third kappa shape index (κ3) is 6.81. The van der Waals surface area contributed by atoms with E-state index in [2.05, 4.69) is 10.1 Å². The molecule has 0 aromatic heterocycles. The van der Waals surface area contributed by atoms with Crippen molar-refractivity contribution in [2.45, 2.75) is 12.5 Å². The van der Waals surface area contributed by atoms with Crippen molar-refractivity contribution in [2.75, 3.05) is 13.2 Å². The van der Waals surface area contributed by atoms with Crippen LogP contribution in [0.15, 0.2) is 48.5 Å². The second-order valence-corrected chi connectivity index (χ2v) is 5.62. The number of hydrogen-bond donors (Lipinski definition) is 2. The quantitative estimate of drug-likeness (QED) is 0.761. The Morgan fingerprint density at radius 1 is 1.08 bits per heavy atom. The van der Waals surface area contributed by atoms with Gasteiger partial charge in [0.05, 0.1) is 6.10 Å². The number of carbonyl (C=O) groups is 1. The number of alkyl halides is 3. The van der Waals surface area contributed by atoms with Gasteiger partial charge in [0.1, 0.15) is 11.5 Å². The highest BCUT2D eigenvalue weighted by atomic mass is 35.5. The molecule has 0 aliphatic rings. The van der Waals surface area contributed by atoms with Crippen LogP contribution in [-0.2, 0) is 4.79 Å². The van der Waals surface area contributed by atoms with Gasteiger partial charge in [0.15, 0.2) is 6.61 Å². The molecule has 0 aliphatic carbocycles. The lowest BCUT2D eigenvalue weighted by atomic mass is 10.1. The molecule has 0 fully saturated rings. The third-order valence-corrected chi connectivity index (χ3v) is 3.43. The minimum atomic E-state index is -4.78. The largest absolute Gasteiger partial charge is 0.573 e. The number of ether oxygens (including phenoxy) is 2. The van der Waals surface area contributed by atoms with Gasteiger partial charge in [0, 0.05) is 11.6 Å². The van der Waals surface area contributed by atoms with Crippen molar-refractivity contribution in [3.05, 3.63) is 59.1 Å². The van der Waals surface area contributed by atoms with E-state index in [-0.39, 0.29) is 13.2 Å². The first kappa shape index (κ1) is 19.9. The van der Waals surface area contributed by atoms with Gasteiger partial charge in [-0.3, -0.25) is 4.79 Å². The van der Waals surface area contributed by atoms with Crippen LogP contribution >= 0.6 is 11.6 Å². The van der Waals surface area contributed by atoms with Crippen molar-refractivity contribution in [3.8, 4) is 11.5 Å². The summed E-state index contributed by atoms with van der Waals surface area (Å²) in [6, 6.07) is 11.2. The molecule has 2 rings (SSSR count). The van der Waals surface area contributed by atoms with Crippen molar-refractivity contribution in [2.24, 2.45) is 0 Å². The summed E-state index contributed by atoms with van der Waals surface area (Å²) in [5.74, 6) is -0.393. The van der Waals surface area contributed by atoms with Crippen LogP contribution in [0, 0.1) is 0 Å². The van der Waals surface area contributed by atoms with E-state index in [0.29, 0.717) is 16.3 Å². The SMILES string of the molecule is O=C(COc1ccc(Cl)cc1)NCC(O)c1ccc(OC(F)(F)F)cc1. The van der Waals surface area contributed by atoms with Gasteiger partial charge in [-0.25, -0.2) is 0 Å². The zero-order valence-electron chi connectivity index (χ0n) is 13.3. The Balaban J connectivity index is 1.77. The lowest BCUT2D eigenvalue weighted by molar-refractivity contribution is -0.274. The number of aliphatic hydroxyl groups excluding tert-OH is 1. The molecule has 1 atom stereocenters. The van der Waals surface area contributed by atoms with Crippen LogP contribution in [0.4, 0.5) is 13.2 Å². The van der Waals surface area contributed by atoms with Crippen molar-refractivity contribution >= 4 is 17.5 Å². The van der Waals surface area contributed by atoms with Gasteiger partial charge in [-0.05, 0) is 42.0 Å². The first-order chi connectivity index (χ1) is 12.2. The molecule has 9 heteroatoms. The normalized spacial score (nSPS) is 12.3. The summed E-state index contributed by atoms with van der Waals surface area (Å²) in [6.45, 7) is -0.380. The average molecular weight is 390 g/mol. The molecule has 2 aromatic carbocycles. The fraction of sp³-hybridized carbons (Fsp3) is 0.235. The van der Waals surface area contributed by atoms with Crippen molar-refractivity contribution in [1.82, 2.24) is 5.32 Å². The van der Waals surface area contributed by atoms with Gasteiger partial charge < -0.3 is 19.9 Å². The van der Waals surface area contributed by atoms with Crippen molar-refractivity contribution in [1.29, 1.82) is 0 Å². The number of aliphatic hydroxyl groups is 1. The summed E-state index contributed by atoms with van der Waals surface area (Å²) in [7, 11) is 0. The molecule has 0 saturated carbocycles. The monoisotopic (exact) mass is 389 g/mol. The van der Waals surface area contributed by atoms with Gasteiger partial charge >= 0.3 is 6.36 Å². The predicted molar refractivity (Wildman–Crippen MR) is 88.0 cm³/mol. The summed E-state index contributed by atoms with van der Waals surface area (Å²) in [5, 5.41) is 13.0. The van der Waals surface area contributed by atoms with Gasteiger partial charge in [0.25, 0.3) is 5.91 Å². The number of carbonyl (C=O) groups excluding carboxylic acids is 1. The number of amides is 1. The molecule has 0 saturated heterocycles. The second-order valence-electron chi connectivity index (χ2n) is 5.18. The molecular formula is C17H15ClF3NO4. The zero-order chi connectivity index (χ0) is 19.2. The number of rotatable bonds is 7. The van der Waals surface area contributed by atoms with Gasteiger partial charge in [-0.1, -0.05) is 23.7 Å². The Hall–Kier alpha value is -2.45. The number of nitrogens with one attached hydrogen (secondary N) is 1. The van der Waals surface area contributed by atoms with E-state index in [1.807, 2.05) is 0 Å². The van der Waals surface area contributed by atoms with E-state index < -0.39 is 24.1 Å². The molecule has 1 unspecified atom stereocenters. The van der Waals surface area contributed by atoms with E-state index in [1.54, 1.807) is 24.3 Å². The lowest BCUT2D eigenvalue weighted by Gasteiger charge is -2.14. The van der Waals surface area contributed by atoms with E-state index in [0.717, 1.165) is 12.1 Å². The van der Waals surface area contributed by atoms with Crippen LogP contribution in [-0.4, -0.2) is 30.5 Å². The van der Waals surface area contributed by atoms with Crippen LogP contribution < -0.4 is 14.8 Å². The topological polar surface area (TPSA) is 67.8 Å². The Labute approximate surface area is 152 Å². The molecule has 0 spiro atoms. The van der Waals surface area contributed by atoms with Crippen molar-refractivity contribution < 1.29 is 32.5 Å². The van der Waals surface area contributed by atoms with E-state index >= 15 is 0 Å². The van der Waals surface area contributed by atoms with E-state index in [4.69, 9.17) is 16.3 Å². The smallest absolute Gasteiger partial charge is 0.484 e. The molecular weight excluding hydrogens is 375 g/mol. The fourth-order valence-electron chi connectivity index (χ4n) is 1.95. The van der Waals surface area contributed by atoms with Crippen LogP contribution in [0.1, 0.15) is 11.7 Å². The predicted octanol–water partition coefficient (Wildman–Crippen LogP) is 3.47. The Morgan fingerprint density at radius 3 is 2.23 bits per heavy atom. The number of hydrogen-bond acceptors (Lipinski definition) is 4. The minimum absolute atomic E-state index is 0.123. The summed E-state index contributed by atoms with van der Waals surface area (Å²) in [5.41, 5.74) is 0.332. The number of halogens is 4. The summed E-state index contributed by atoms with van der Waals surface area (Å²) < 4.78 is 45.2. The molecule has 1 amide bonds. The lowest BCUT2D eigenvalue weighted by Crippen LogP contribution is -2.32. The first-order valence-electron chi connectivity index (χ1n) is 7.42. The molecule has 0 aliphatic heterocycles. The summed E-state index contributed by atoms with van der Waals surface area (Å²) in [4.78, 5) is 11.7. The zero-order valence-corrected chi connectivity index (χ0v) is 14.1. The molecule has 2 aromatic rings. The molecule has 140 valence electrons. The maximum atomic E-state index is 12.1. The Kier molecular flexibility index (Phi) is 6.70. The number of benzene rings is 2. The van der Waals surface area contributed by atoms with Gasteiger partial charge in [-0.15, -0.1) is 13.2 Å². The van der Waals surface area contributed by atoms with Crippen LogP contribution in [0.5, 0.6) is 11.5 Å². The Bertz CT molecular complexity index is 720. The maximum absolute atomic E-state index is 12.1. The van der Waals surface area contributed by atoms with Crippen LogP contribution in [0.2, 0.25) is 5.02 Å². The highest BCUT2D eigenvalue weighted by Crippen LogP contribution is 2.24. The molecule has 0 radical (unpaired) electrons. The Morgan fingerprint density at radius 2 is 1.65 bits per heavy atom. The van der Waals surface area contributed by atoms with Gasteiger partial charge in [0.2, 0.25) is 0 Å². The average Bonchev–Trinajstić information content (AvgIpc) is 2.58. The standard InChI is InChI=1S/C17H15ClF3NO4/c18-12-3-7-13(8-4-12)25-10-16(24)22-9-15(23)11-1-5-14(6-2-11)26-17(19,20)21/h1-8,15,23H,9-10H2,(H,22,24). The maximum Gasteiger partial charge on any atom is 0.573 e. The van der Waals surface area contributed by atoms with E-state index in [1.165, 1.54) is 12.1 Å². The first-order valence-corrected chi connectivity index (χ1v) is 7.79. The third-order valence-electron chi connectivity index (χ3n) is 3.17. The highest BCUT2D eigenvalue weighted by Gasteiger charge is 2.31. The molecule has 5 nitrogen and oxygen atoms in total. The molecule has 0 heterocycles. The van der Waals surface area contributed by atoms with E-state index in [9.17, 15) is 23.1 Å². The highest BCUT2D eigenvalue weighted by molar-refractivity contribution is 6.30. The van der Waals surface area contributed by atoms with Crippen molar-refractivity contribution in [3.63, 3.8) is 0 Å².